The number of esters is 1. The molecule has 0 radical (unpaired) electrons. The van der Waals surface area contributed by atoms with Crippen LogP contribution in [0.2, 0.25) is 0 Å². The third-order valence-corrected chi connectivity index (χ3v) is 8.63. The molecule has 49 heavy (non-hydrogen) atoms. The zero-order chi connectivity index (χ0) is 36.3. The van der Waals surface area contributed by atoms with Crippen molar-refractivity contribution >= 4 is 13.8 Å². The highest BCUT2D eigenvalue weighted by Gasteiger charge is 2.22. The SMILES string of the molecule is CCCCC/C=C\C/C=C\C/C=C\CC(O)C(O)CCCC(=O)O[C@H](CO/C=C/CCCCCCCCCCCCCC)COP(=O)(O)O. The summed E-state index contributed by atoms with van der Waals surface area (Å²) in [5.41, 5.74) is 0. The van der Waals surface area contributed by atoms with Crippen molar-refractivity contribution in [2.45, 2.75) is 180 Å². The van der Waals surface area contributed by atoms with Crippen LogP contribution in [0.4, 0.5) is 0 Å². The summed E-state index contributed by atoms with van der Waals surface area (Å²) in [7, 11) is -4.75. The first-order chi connectivity index (χ1) is 23.7. The summed E-state index contributed by atoms with van der Waals surface area (Å²) in [6.45, 7) is 3.82. The summed E-state index contributed by atoms with van der Waals surface area (Å²) >= 11 is 0. The highest BCUT2D eigenvalue weighted by atomic mass is 31.2. The Labute approximate surface area is 298 Å². The lowest BCUT2D eigenvalue weighted by Crippen LogP contribution is -2.28. The summed E-state index contributed by atoms with van der Waals surface area (Å²) in [5.74, 6) is -0.604. The molecule has 0 bridgehead atoms. The van der Waals surface area contributed by atoms with E-state index in [0.717, 1.165) is 38.5 Å². The van der Waals surface area contributed by atoms with Gasteiger partial charge in [0.15, 0.2) is 6.10 Å². The topological polar surface area (TPSA) is 143 Å². The quantitative estimate of drug-likeness (QED) is 0.0166. The van der Waals surface area contributed by atoms with Crippen LogP contribution in [-0.4, -0.2) is 57.5 Å². The molecule has 286 valence electrons. The average molecular weight is 715 g/mol. The molecule has 3 atom stereocenters. The fraction of sp³-hybridized carbons (Fsp3) is 0.769. The molecule has 0 fully saturated rings. The van der Waals surface area contributed by atoms with Gasteiger partial charge in [0.1, 0.15) is 6.61 Å². The van der Waals surface area contributed by atoms with Crippen LogP contribution in [0.25, 0.3) is 0 Å². The minimum Gasteiger partial charge on any atom is -0.498 e. The number of carbonyl (C=O) groups excluding carboxylic acids is 1. The van der Waals surface area contributed by atoms with Gasteiger partial charge in [-0.2, -0.15) is 0 Å². The van der Waals surface area contributed by atoms with Crippen LogP contribution in [0.1, 0.15) is 162 Å². The smallest absolute Gasteiger partial charge is 0.469 e. The molecule has 10 heteroatoms. The van der Waals surface area contributed by atoms with Gasteiger partial charge in [-0.1, -0.05) is 134 Å². The number of allylic oxidation sites excluding steroid dienone is 6. The number of hydrogen-bond acceptors (Lipinski definition) is 7. The van der Waals surface area contributed by atoms with Gasteiger partial charge in [0.05, 0.1) is 25.1 Å². The highest BCUT2D eigenvalue weighted by Crippen LogP contribution is 2.36. The third kappa shape index (κ3) is 35.9. The number of phosphoric ester groups is 1. The Kier molecular flexibility index (Phi) is 33.5. The predicted molar refractivity (Wildman–Crippen MR) is 200 cm³/mol. The second kappa shape index (κ2) is 34.7. The summed E-state index contributed by atoms with van der Waals surface area (Å²) in [6, 6.07) is 0. The average Bonchev–Trinajstić information content (AvgIpc) is 3.06. The molecule has 0 aromatic rings. The molecular weight excluding hydrogens is 643 g/mol. The van der Waals surface area contributed by atoms with Gasteiger partial charge in [0.25, 0.3) is 0 Å². The fourth-order valence-electron chi connectivity index (χ4n) is 5.16. The minimum atomic E-state index is -4.75. The van der Waals surface area contributed by atoms with E-state index < -0.39 is 38.7 Å². The Morgan fingerprint density at radius 3 is 1.76 bits per heavy atom. The van der Waals surface area contributed by atoms with Crippen LogP contribution < -0.4 is 0 Å². The van der Waals surface area contributed by atoms with Gasteiger partial charge in [-0.25, -0.2) is 4.57 Å². The molecule has 0 rings (SSSR count). The number of ether oxygens (including phenoxy) is 2. The van der Waals surface area contributed by atoms with Crippen molar-refractivity contribution in [3.05, 3.63) is 48.8 Å². The maximum atomic E-state index is 12.4. The fourth-order valence-corrected chi connectivity index (χ4v) is 5.52. The number of hydrogen-bond donors (Lipinski definition) is 4. The van der Waals surface area contributed by atoms with Crippen LogP contribution in [-0.2, 0) is 23.4 Å². The number of unbranched alkanes of at least 4 members (excludes halogenated alkanes) is 15. The summed E-state index contributed by atoms with van der Waals surface area (Å²) in [5, 5.41) is 20.5. The molecular formula is C39H71O9P. The lowest BCUT2D eigenvalue weighted by Gasteiger charge is -2.19. The minimum absolute atomic E-state index is 0.0291. The van der Waals surface area contributed by atoms with Crippen LogP contribution in [0.5, 0.6) is 0 Å². The molecule has 9 nitrogen and oxygen atoms in total. The van der Waals surface area contributed by atoms with E-state index in [9.17, 15) is 19.6 Å². The van der Waals surface area contributed by atoms with Crippen LogP contribution >= 0.6 is 7.82 Å². The Morgan fingerprint density at radius 1 is 0.633 bits per heavy atom. The van der Waals surface area contributed by atoms with Crippen LogP contribution in [0.15, 0.2) is 48.8 Å². The van der Waals surface area contributed by atoms with Crippen molar-refractivity contribution in [1.82, 2.24) is 0 Å². The Bertz CT molecular complexity index is 912. The summed E-state index contributed by atoms with van der Waals surface area (Å²) in [6.07, 6.45) is 36.5. The number of phosphoric acid groups is 1. The van der Waals surface area contributed by atoms with E-state index in [0.29, 0.717) is 6.42 Å². The Morgan fingerprint density at radius 2 is 1.14 bits per heavy atom. The highest BCUT2D eigenvalue weighted by molar-refractivity contribution is 7.46. The maximum Gasteiger partial charge on any atom is 0.469 e. The molecule has 0 aliphatic rings. The van der Waals surface area contributed by atoms with Gasteiger partial charge in [-0.3, -0.25) is 9.32 Å². The lowest BCUT2D eigenvalue weighted by molar-refractivity contribution is -0.153. The molecule has 2 unspecified atom stereocenters. The zero-order valence-electron chi connectivity index (χ0n) is 30.8. The third-order valence-electron chi connectivity index (χ3n) is 8.15. The van der Waals surface area contributed by atoms with Gasteiger partial charge in [0.2, 0.25) is 0 Å². The maximum absolute atomic E-state index is 12.4. The van der Waals surface area contributed by atoms with Crippen LogP contribution in [0.3, 0.4) is 0 Å². The van der Waals surface area contributed by atoms with E-state index in [1.54, 1.807) is 0 Å². The van der Waals surface area contributed by atoms with Gasteiger partial charge >= 0.3 is 13.8 Å². The first-order valence-electron chi connectivity index (χ1n) is 19.2. The second-order valence-corrected chi connectivity index (χ2v) is 14.2. The number of aliphatic hydroxyl groups is 2. The van der Waals surface area contributed by atoms with E-state index in [2.05, 4.69) is 42.7 Å². The molecule has 0 saturated carbocycles. The molecule has 0 spiro atoms. The van der Waals surface area contributed by atoms with Gasteiger partial charge in [0, 0.05) is 6.42 Å². The standard InChI is InChI=1S/C39H71O9P/c1-3-5-7-9-11-13-15-17-18-20-22-24-26-28-33-46-34-36(35-47-49(43,44)45)48-39(42)32-29-31-38(41)37(40)30-27-25-23-21-19-16-14-12-10-8-6-4-2/h12,14,19,21,25,27-28,33,36-38,40-41H,3-11,13,15-18,20,22-24,26,29-32,34-35H2,1-2H3,(H2,43,44,45)/b14-12-,21-19-,27-25-,33-28+/t36-,37?,38?/m1/s1. The molecule has 0 saturated heterocycles. The molecule has 0 amide bonds. The summed E-state index contributed by atoms with van der Waals surface area (Å²) in [4.78, 5) is 30.5. The van der Waals surface area contributed by atoms with Crippen molar-refractivity contribution in [1.29, 1.82) is 0 Å². The van der Waals surface area contributed by atoms with Crippen molar-refractivity contribution in [2.24, 2.45) is 0 Å². The second-order valence-electron chi connectivity index (χ2n) is 12.9. The molecule has 0 aromatic carbocycles. The van der Waals surface area contributed by atoms with E-state index >= 15 is 0 Å². The molecule has 4 N–H and O–H groups in total. The van der Waals surface area contributed by atoms with E-state index in [1.165, 1.54) is 89.7 Å². The Balaban J connectivity index is 4.17. The zero-order valence-corrected chi connectivity index (χ0v) is 31.7. The van der Waals surface area contributed by atoms with Crippen molar-refractivity contribution in [3.8, 4) is 0 Å². The van der Waals surface area contributed by atoms with Gasteiger partial charge in [-0.05, 0) is 63.9 Å². The molecule has 0 aliphatic heterocycles. The van der Waals surface area contributed by atoms with E-state index in [4.69, 9.17) is 19.3 Å². The van der Waals surface area contributed by atoms with Gasteiger partial charge < -0.3 is 29.5 Å². The summed E-state index contributed by atoms with van der Waals surface area (Å²) < 4.78 is 26.5. The molecule has 0 aliphatic carbocycles. The normalized spacial score (nSPS) is 14.4. The Hall–Kier alpha value is -1.74. The predicted octanol–water partition coefficient (Wildman–Crippen LogP) is 9.94. The van der Waals surface area contributed by atoms with E-state index in [-0.39, 0.29) is 25.9 Å². The van der Waals surface area contributed by atoms with Crippen molar-refractivity contribution in [3.63, 3.8) is 0 Å². The van der Waals surface area contributed by atoms with Crippen molar-refractivity contribution < 1.29 is 43.4 Å². The van der Waals surface area contributed by atoms with Crippen LogP contribution in [0, 0.1) is 0 Å². The van der Waals surface area contributed by atoms with Crippen molar-refractivity contribution in [2.75, 3.05) is 13.2 Å². The molecule has 0 heterocycles. The molecule has 0 aromatic heterocycles. The first kappa shape index (κ1) is 47.3. The largest absolute Gasteiger partial charge is 0.498 e. The lowest BCUT2D eigenvalue weighted by atomic mass is 10.0. The van der Waals surface area contributed by atoms with Gasteiger partial charge in [-0.15, -0.1) is 0 Å². The monoisotopic (exact) mass is 714 g/mol. The number of rotatable bonds is 35. The number of carbonyl (C=O) groups is 1. The number of aliphatic hydroxyl groups excluding tert-OH is 2. The first-order valence-corrected chi connectivity index (χ1v) is 20.7. The van der Waals surface area contributed by atoms with E-state index in [1.807, 2.05) is 18.2 Å².